The van der Waals surface area contributed by atoms with Crippen LogP contribution in [0.15, 0.2) is 11.4 Å². The molecular formula is C12H19N3S. The van der Waals surface area contributed by atoms with Gasteiger partial charge in [0.2, 0.25) is 0 Å². The third-order valence-corrected chi connectivity index (χ3v) is 4.40. The van der Waals surface area contributed by atoms with Crippen LogP contribution in [0.5, 0.6) is 0 Å². The average Bonchev–Trinajstić information content (AvgIpc) is 2.77. The summed E-state index contributed by atoms with van der Waals surface area (Å²) in [6, 6.07) is 0. The van der Waals surface area contributed by atoms with Gasteiger partial charge >= 0.3 is 0 Å². The molecule has 1 aromatic rings. The van der Waals surface area contributed by atoms with E-state index in [2.05, 4.69) is 29.1 Å². The Balaban J connectivity index is 2.10. The zero-order valence-corrected chi connectivity index (χ0v) is 10.8. The van der Waals surface area contributed by atoms with Crippen LogP contribution in [-0.4, -0.2) is 21.8 Å². The van der Waals surface area contributed by atoms with E-state index in [0.29, 0.717) is 0 Å². The monoisotopic (exact) mass is 237 g/mol. The second kappa shape index (κ2) is 5.53. The summed E-state index contributed by atoms with van der Waals surface area (Å²) in [7, 11) is 0. The number of hydrogen-bond acceptors (Lipinski definition) is 4. The number of nitrogens with zero attached hydrogens (tertiary/aromatic N) is 2. The van der Waals surface area contributed by atoms with Crippen molar-refractivity contribution in [3.63, 3.8) is 0 Å². The average molecular weight is 237 g/mol. The first-order valence-electron chi connectivity index (χ1n) is 6.03. The normalized spacial score (nSPS) is 16.6. The molecule has 0 aromatic carbocycles. The quantitative estimate of drug-likeness (QED) is 0.816. The molecule has 0 bridgehead atoms. The van der Waals surface area contributed by atoms with Crippen molar-refractivity contribution in [2.75, 3.05) is 11.9 Å². The molecule has 1 N–H and O–H groups in total. The van der Waals surface area contributed by atoms with E-state index in [-0.39, 0.29) is 0 Å². The smallest absolute Gasteiger partial charge is 0.133 e. The van der Waals surface area contributed by atoms with Crippen molar-refractivity contribution in [1.82, 2.24) is 9.97 Å². The Bertz CT molecular complexity index is 348. The molecule has 0 amide bonds. The van der Waals surface area contributed by atoms with Gasteiger partial charge in [-0.05, 0) is 26.7 Å². The molecule has 0 saturated heterocycles. The van der Waals surface area contributed by atoms with Crippen molar-refractivity contribution in [2.45, 2.75) is 49.8 Å². The van der Waals surface area contributed by atoms with Crippen LogP contribution in [0.3, 0.4) is 0 Å². The number of anilines is 1. The highest BCUT2D eigenvalue weighted by atomic mass is 32.2. The summed E-state index contributed by atoms with van der Waals surface area (Å²) in [4.78, 5) is 8.66. The van der Waals surface area contributed by atoms with Crippen molar-refractivity contribution < 1.29 is 0 Å². The lowest BCUT2D eigenvalue weighted by atomic mass is 10.3. The summed E-state index contributed by atoms with van der Waals surface area (Å²) in [6.45, 7) is 5.10. The molecule has 88 valence electrons. The minimum atomic E-state index is 0.767. The third-order valence-electron chi connectivity index (χ3n) is 2.96. The SMILES string of the molecule is CCNc1ncnc(SC2CCCC2)c1C. The van der Waals surface area contributed by atoms with Crippen molar-refractivity contribution >= 4 is 17.6 Å². The lowest BCUT2D eigenvalue weighted by molar-refractivity contribution is 0.886. The van der Waals surface area contributed by atoms with Gasteiger partial charge in [-0.15, -0.1) is 11.8 Å². The van der Waals surface area contributed by atoms with E-state index in [1.54, 1.807) is 6.33 Å². The van der Waals surface area contributed by atoms with Gasteiger partial charge in [0.25, 0.3) is 0 Å². The zero-order chi connectivity index (χ0) is 11.4. The van der Waals surface area contributed by atoms with Gasteiger partial charge in [0.15, 0.2) is 0 Å². The predicted octanol–water partition coefficient (Wildman–Crippen LogP) is 3.25. The van der Waals surface area contributed by atoms with E-state index in [4.69, 9.17) is 0 Å². The standard InChI is InChI=1S/C12H19N3S/c1-3-13-11-9(2)12(15-8-14-11)16-10-6-4-5-7-10/h8,10H,3-7H2,1-2H3,(H,13,14,15). The van der Waals surface area contributed by atoms with Gasteiger partial charge in [0.05, 0.1) is 0 Å². The number of hydrogen-bond donors (Lipinski definition) is 1. The maximum Gasteiger partial charge on any atom is 0.133 e. The van der Waals surface area contributed by atoms with Gasteiger partial charge in [-0.25, -0.2) is 9.97 Å². The highest BCUT2D eigenvalue weighted by Crippen LogP contribution is 2.35. The van der Waals surface area contributed by atoms with Gasteiger partial charge < -0.3 is 5.32 Å². The van der Waals surface area contributed by atoms with Crippen LogP contribution in [0.2, 0.25) is 0 Å². The summed E-state index contributed by atoms with van der Waals surface area (Å²) in [6.07, 6.45) is 7.10. The van der Waals surface area contributed by atoms with Crippen molar-refractivity contribution in [1.29, 1.82) is 0 Å². The molecule has 3 nitrogen and oxygen atoms in total. The van der Waals surface area contributed by atoms with E-state index in [1.807, 2.05) is 11.8 Å². The summed E-state index contributed by atoms with van der Waals surface area (Å²) < 4.78 is 0. The Morgan fingerprint density at radius 2 is 2.12 bits per heavy atom. The first-order valence-corrected chi connectivity index (χ1v) is 6.91. The molecule has 0 atom stereocenters. The molecule has 2 rings (SSSR count). The zero-order valence-electron chi connectivity index (χ0n) is 9.99. The number of nitrogens with one attached hydrogen (secondary N) is 1. The van der Waals surface area contributed by atoms with E-state index in [0.717, 1.165) is 22.6 Å². The third kappa shape index (κ3) is 2.67. The maximum atomic E-state index is 4.40. The fraction of sp³-hybridized carbons (Fsp3) is 0.667. The Hall–Kier alpha value is -0.770. The Kier molecular flexibility index (Phi) is 4.04. The Morgan fingerprint density at radius 1 is 1.38 bits per heavy atom. The molecule has 1 fully saturated rings. The molecular weight excluding hydrogens is 218 g/mol. The Morgan fingerprint density at radius 3 is 2.81 bits per heavy atom. The van der Waals surface area contributed by atoms with E-state index in [1.165, 1.54) is 31.2 Å². The van der Waals surface area contributed by atoms with E-state index < -0.39 is 0 Å². The van der Waals surface area contributed by atoms with Gasteiger partial charge in [-0.2, -0.15) is 0 Å². The molecule has 16 heavy (non-hydrogen) atoms. The number of rotatable bonds is 4. The van der Waals surface area contributed by atoms with Gasteiger partial charge in [0, 0.05) is 17.4 Å². The highest BCUT2D eigenvalue weighted by molar-refractivity contribution is 7.99. The molecule has 1 aliphatic carbocycles. The molecule has 4 heteroatoms. The maximum absolute atomic E-state index is 4.40. The minimum absolute atomic E-state index is 0.767. The predicted molar refractivity (Wildman–Crippen MR) is 69.0 cm³/mol. The largest absolute Gasteiger partial charge is 0.370 e. The molecule has 1 aliphatic rings. The lowest BCUT2D eigenvalue weighted by Crippen LogP contribution is -2.04. The number of aromatic nitrogens is 2. The van der Waals surface area contributed by atoms with Crippen LogP contribution in [0.1, 0.15) is 38.2 Å². The van der Waals surface area contributed by atoms with Crippen LogP contribution < -0.4 is 5.32 Å². The summed E-state index contributed by atoms with van der Waals surface area (Å²) in [5.74, 6) is 0.984. The first kappa shape index (κ1) is 11.7. The van der Waals surface area contributed by atoms with Gasteiger partial charge in [-0.3, -0.25) is 0 Å². The fourth-order valence-electron chi connectivity index (χ4n) is 2.06. The van der Waals surface area contributed by atoms with Crippen LogP contribution >= 0.6 is 11.8 Å². The highest BCUT2D eigenvalue weighted by Gasteiger charge is 2.18. The fourth-order valence-corrected chi connectivity index (χ4v) is 3.33. The van der Waals surface area contributed by atoms with E-state index >= 15 is 0 Å². The lowest BCUT2D eigenvalue weighted by Gasteiger charge is -2.12. The van der Waals surface area contributed by atoms with Gasteiger partial charge in [-0.1, -0.05) is 12.8 Å². The summed E-state index contributed by atoms with van der Waals surface area (Å²) >= 11 is 1.93. The minimum Gasteiger partial charge on any atom is -0.370 e. The molecule has 1 saturated carbocycles. The topological polar surface area (TPSA) is 37.8 Å². The van der Waals surface area contributed by atoms with Crippen molar-refractivity contribution in [3.05, 3.63) is 11.9 Å². The molecule has 0 radical (unpaired) electrons. The molecule has 0 aliphatic heterocycles. The second-order valence-corrected chi connectivity index (χ2v) is 5.50. The summed E-state index contributed by atoms with van der Waals surface area (Å²) in [5.41, 5.74) is 1.20. The second-order valence-electron chi connectivity index (χ2n) is 4.21. The molecule has 1 aromatic heterocycles. The van der Waals surface area contributed by atoms with Crippen LogP contribution in [0.25, 0.3) is 0 Å². The first-order chi connectivity index (χ1) is 7.81. The number of thioether (sulfide) groups is 1. The van der Waals surface area contributed by atoms with Crippen molar-refractivity contribution in [3.8, 4) is 0 Å². The van der Waals surface area contributed by atoms with Crippen LogP contribution in [0.4, 0.5) is 5.82 Å². The molecule has 1 heterocycles. The van der Waals surface area contributed by atoms with Gasteiger partial charge in [0.1, 0.15) is 17.2 Å². The van der Waals surface area contributed by atoms with Crippen molar-refractivity contribution in [2.24, 2.45) is 0 Å². The Labute approximate surface area is 101 Å². The van der Waals surface area contributed by atoms with E-state index in [9.17, 15) is 0 Å². The molecule has 0 spiro atoms. The van der Waals surface area contributed by atoms with Crippen LogP contribution in [0, 0.1) is 6.92 Å². The van der Waals surface area contributed by atoms with Crippen LogP contribution in [-0.2, 0) is 0 Å². The molecule has 0 unspecified atom stereocenters. The summed E-state index contributed by atoms with van der Waals surface area (Å²) in [5, 5.41) is 5.19.